The molecule has 6 nitrogen and oxygen atoms in total. The van der Waals surface area contributed by atoms with Gasteiger partial charge in [-0.25, -0.2) is 4.98 Å². The number of pyridine rings is 1. The summed E-state index contributed by atoms with van der Waals surface area (Å²) in [6, 6.07) is 12.3. The molecule has 0 bridgehead atoms. The summed E-state index contributed by atoms with van der Waals surface area (Å²) in [5, 5.41) is 5.54. The summed E-state index contributed by atoms with van der Waals surface area (Å²) in [4.78, 5) is 28.3. The molecule has 3 rings (SSSR count). The molecule has 2 aromatic heterocycles. The van der Waals surface area contributed by atoms with Crippen LogP contribution in [0, 0.1) is 0 Å². The highest BCUT2D eigenvalue weighted by Crippen LogP contribution is 2.19. The minimum atomic E-state index is -0.377. The van der Waals surface area contributed by atoms with Crippen LogP contribution < -0.4 is 10.6 Å². The van der Waals surface area contributed by atoms with Gasteiger partial charge in [0.1, 0.15) is 5.65 Å². The van der Waals surface area contributed by atoms with Gasteiger partial charge in [-0.3, -0.25) is 14.0 Å². The average molecular weight is 355 g/mol. The molecule has 0 aliphatic heterocycles. The van der Waals surface area contributed by atoms with E-state index in [1.54, 1.807) is 34.7 Å². The monoisotopic (exact) mass is 354 g/mol. The van der Waals surface area contributed by atoms with Gasteiger partial charge < -0.3 is 10.6 Å². The molecular formula is C18H15ClN4O2. The molecule has 0 unspecified atom stereocenters. The standard InChI is InChI=1S/C18H15ClN4O2/c1-20-18(25)12-6-2-3-7-13(12)21-16(24)10-9-14-17(19)22-15-8-4-5-11-23(14)15/h2-11H,1H3,(H,20,25)(H,21,24)/b10-9+. The summed E-state index contributed by atoms with van der Waals surface area (Å²) >= 11 is 6.13. The van der Waals surface area contributed by atoms with Gasteiger partial charge in [0.25, 0.3) is 5.91 Å². The molecule has 0 aliphatic carbocycles. The second-order valence-electron chi connectivity index (χ2n) is 5.16. The highest BCUT2D eigenvalue weighted by Gasteiger charge is 2.11. The molecule has 0 aliphatic rings. The smallest absolute Gasteiger partial charge is 0.253 e. The lowest BCUT2D eigenvalue weighted by Crippen LogP contribution is -2.20. The molecule has 1 aromatic carbocycles. The van der Waals surface area contributed by atoms with E-state index < -0.39 is 0 Å². The van der Waals surface area contributed by atoms with Crippen LogP contribution in [0.5, 0.6) is 0 Å². The van der Waals surface area contributed by atoms with Crippen LogP contribution in [0.25, 0.3) is 11.7 Å². The van der Waals surface area contributed by atoms with E-state index in [4.69, 9.17) is 11.6 Å². The lowest BCUT2D eigenvalue weighted by molar-refractivity contribution is -0.111. The molecule has 0 saturated heterocycles. The number of nitrogens with zero attached hydrogens (tertiary/aromatic N) is 2. The lowest BCUT2D eigenvalue weighted by Gasteiger charge is -2.08. The first-order valence-electron chi connectivity index (χ1n) is 7.53. The third-order valence-corrected chi connectivity index (χ3v) is 3.85. The largest absolute Gasteiger partial charge is 0.355 e. The van der Waals surface area contributed by atoms with E-state index in [0.29, 0.717) is 27.7 Å². The Morgan fingerprint density at radius 1 is 1.16 bits per heavy atom. The summed E-state index contributed by atoms with van der Waals surface area (Å²) in [6.45, 7) is 0. The maximum absolute atomic E-state index is 12.2. The number of carbonyl (C=O) groups excluding carboxylic acids is 2. The molecule has 0 spiro atoms. The molecule has 3 aromatic rings. The van der Waals surface area contributed by atoms with E-state index in [2.05, 4.69) is 15.6 Å². The minimum absolute atomic E-state index is 0.273. The number of amides is 2. The van der Waals surface area contributed by atoms with Crippen LogP contribution in [-0.4, -0.2) is 28.2 Å². The molecule has 0 atom stereocenters. The van der Waals surface area contributed by atoms with E-state index in [1.807, 2.05) is 24.4 Å². The zero-order valence-electron chi connectivity index (χ0n) is 13.4. The fourth-order valence-electron chi connectivity index (χ4n) is 2.39. The van der Waals surface area contributed by atoms with Gasteiger partial charge in [-0.1, -0.05) is 29.8 Å². The van der Waals surface area contributed by atoms with Crippen molar-refractivity contribution in [2.24, 2.45) is 0 Å². The molecule has 2 heterocycles. The van der Waals surface area contributed by atoms with Crippen molar-refractivity contribution >= 4 is 40.8 Å². The van der Waals surface area contributed by atoms with Gasteiger partial charge in [-0.15, -0.1) is 0 Å². The topological polar surface area (TPSA) is 75.5 Å². The number of benzene rings is 1. The highest BCUT2D eigenvalue weighted by molar-refractivity contribution is 6.31. The first-order valence-corrected chi connectivity index (χ1v) is 7.90. The van der Waals surface area contributed by atoms with E-state index in [9.17, 15) is 9.59 Å². The Morgan fingerprint density at radius 3 is 2.72 bits per heavy atom. The number of carbonyl (C=O) groups is 2. The number of imidazole rings is 1. The summed E-state index contributed by atoms with van der Waals surface area (Å²) < 4.78 is 1.78. The summed E-state index contributed by atoms with van der Waals surface area (Å²) in [5.74, 6) is -0.650. The Morgan fingerprint density at radius 2 is 1.92 bits per heavy atom. The summed E-state index contributed by atoms with van der Waals surface area (Å²) in [7, 11) is 1.54. The van der Waals surface area contributed by atoms with Crippen molar-refractivity contribution in [3.8, 4) is 0 Å². The minimum Gasteiger partial charge on any atom is -0.355 e. The van der Waals surface area contributed by atoms with Crippen LogP contribution in [0.3, 0.4) is 0 Å². The van der Waals surface area contributed by atoms with Crippen molar-refractivity contribution in [2.45, 2.75) is 0 Å². The first kappa shape index (κ1) is 16.7. The summed E-state index contributed by atoms with van der Waals surface area (Å²) in [5.41, 5.74) is 2.12. The van der Waals surface area contributed by atoms with Crippen LogP contribution >= 0.6 is 11.6 Å². The SMILES string of the molecule is CNC(=O)c1ccccc1NC(=O)/C=C/c1c(Cl)nc2ccccn12. The molecule has 0 saturated carbocycles. The average Bonchev–Trinajstić information content (AvgIpc) is 2.95. The van der Waals surface area contributed by atoms with Crippen molar-refractivity contribution < 1.29 is 9.59 Å². The second-order valence-corrected chi connectivity index (χ2v) is 5.52. The van der Waals surface area contributed by atoms with Crippen molar-refractivity contribution in [3.05, 3.63) is 71.1 Å². The number of fused-ring (bicyclic) bond motifs is 1. The fourth-order valence-corrected chi connectivity index (χ4v) is 2.63. The zero-order valence-corrected chi connectivity index (χ0v) is 14.1. The zero-order chi connectivity index (χ0) is 17.8. The van der Waals surface area contributed by atoms with Gasteiger partial charge in [-0.05, 0) is 30.3 Å². The van der Waals surface area contributed by atoms with Crippen LogP contribution in [0.2, 0.25) is 5.15 Å². The Kier molecular flexibility index (Phi) is 4.81. The van der Waals surface area contributed by atoms with Gasteiger partial charge in [0.2, 0.25) is 5.91 Å². The number of hydrogen-bond donors (Lipinski definition) is 2. The van der Waals surface area contributed by atoms with E-state index in [1.165, 1.54) is 13.1 Å². The third kappa shape index (κ3) is 3.54. The van der Waals surface area contributed by atoms with E-state index >= 15 is 0 Å². The third-order valence-electron chi connectivity index (χ3n) is 3.57. The van der Waals surface area contributed by atoms with E-state index in [0.717, 1.165) is 0 Å². The van der Waals surface area contributed by atoms with Gasteiger partial charge in [0.05, 0.1) is 16.9 Å². The quantitative estimate of drug-likeness (QED) is 0.707. The Balaban J connectivity index is 1.82. The Hall–Kier alpha value is -3.12. The molecule has 0 fully saturated rings. The molecular weight excluding hydrogens is 340 g/mol. The molecule has 2 amide bonds. The number of nitrogens with one attached hydrogen (secondary N) is 2. The van der Waals surface area contributed by atoms with Crippen molar-refractivity contribution in [3.63, 3.8) is 0 Å². The molecule has 0 radical (unpaired) electrons. The normalized spacial score (nSPS) is 11.0. The van der Waals surface area contributed by atoms with Gasteiger partial charge in [0.15, 0.2) is 5.15 Å². The number of anilines is 1. The van der Waals surface area contributed by atoms with Gasteiger partial charge in [0, 0.05) is 19.3 Å². The maximum atomic E-state index is 12.2. The molecule has 2 N–H and O–H groups in total. The summed E-state index contributed by atoms with van der Waals surface area (Å²) in [6.07, 6.45) is 4.75. The van der Waals surface area contributed by atoms with Gasteiger partial charge >= 0.3 is 0 Å². The Bertz CT molecular complexity index is 978. The van der Waals surface area contributed by atoms with Crippen molar-refractivity contribution in [1.29, 1.82) is 0 Å². The second kappa shape index (κ2) is 7.19. The lowest BCUT2D eigenvalue weighted by atomic mass is 10.1. The number of para-hydroxylation sites is 1. The van der Waals surface area contributed by atoms with Crippen LogP contribution in [0.4, 0.5) is 5.69 Å². The van der Waals surface area contributed by atoms with Crippen molar-refractivity contribution in [1.82, 2.24) is 14.7 Å². The Labute approximate surface area is 149 Å². The van der Waals surface area contributed by atoms with Crippen LogP contribution in [-0.2, 0) is 4.79 Å². The van der Waals surface area contributed by atoms with Gasteiger partial charge in [-0.2, -0.15) is 0 Å². The molecule has 25 heavy (non-hydrogen) atoms. The first-order chi connectivity index (χ1) is 12.1. The highest BCUT2D eigenvalue weighted by atomic mass is 35.5. The van der Waals surface area contributed by atoms with Crippen LogP contribution in [0.1, 0.15) is 16.1 Å². The maximum Gasteiger partial charge on any atom is 0.253 e. The number of hydrogen-bond acceptors (Lipinski definition) is 3. The number of aromatic nitrogens is 2. The predicted molar refractivity (Wildman–Crippen MR) is 97.7 cm³/mol. The van der Waals surface area contributed by atoms with E-state index in [-0.39, 0.29) is 11.8 Å². The molecule has 126 valence electrons. The van der Waals surface area contributed by atoms with Crippen molar-refractivity contribution in [2.75, 3.05) is 12.4 Å². The number of rotatable bonds is 4. The fraction of sp³-hybridized carbons (Fsp3) is 0.0556. The number of halogens is 1. The predicted octanol–water partition coefficient (Wildman–Crippen LogP) is 3.00. The van der Waals surface area contributed by atoms with Crippen LogP contribution in [0.15, 0.2) is 54.7 Å². The molecule has 7 heteroatoms.